The van der Waals surface area contributed by atoms with Crippen molar-refractivity contribution in [2.75, 3.05) is 19.6 Å². The molecule has 4 rings (SSSR count). The summed E-state index contributed by atoms with van der Waals surface area (Å²) in [7, 11) is 0. The molecule has 204 valence electrons. The zero-order valence-corrected chi connectivity index (χ0v) is 23.7. The Labute approximate surface area is 233 Å². The zero-order chi connectivity index (χ0) is 28.2. The minimum Gasteiger partial charge on any atom is -0.330 e. The number of nitro groups is 1. The van der Waals surface area contributed by atoms with Crippen molar-refractivity contribution in [3.63, 3.8) is 0 Å². The molecule has 2 aromatic carbocycles. The number of benzene rings is 2. The quantitative estimate of drug-likeness (QED) is 0.187. The Balaban J connectivity index is 1.54. The van der Waals surface area contributed by atoms with Crippen molar-refractivity contribution < 1.29 is 14.5 Å². The lowest BCUT2D eigenvalue weighted by Crippen LogP contribution is -2.46. The van der Waals surface area contributed by atoms with Crippen LogP contribution in [0.3, 0.4) is 0 Å². The van der Waals surface area contributed by atoms with Gasteiger partial charge in [-0.25, -0.2) is 0 Å². The number of nitro benzene ring substituents is 1. The third-order valence-electron chi connectivity index (χ3n) is 7.03. The maximum atomic E-state index is 13.8. The van der Waals surface area contributed by atoms with E-state index in [1.165, 1.54) is 28.6 Å². The summed E-state index contributed by atoms with van der Waals surface area (Å²) in [5, 5.41) is 13.0. The van der Waals surface area contributed by atoms with Crippen LogP contribution in [0.15, 0.2) is 66.1 Å². The Kier molecular flexibility index (Phi) is 8.65. The molecule has 0 saturated carbocycles. The minimum absolute atomic E-state index is 0.00501. The molecule has 0 radical (unpaired) electrons. The SMILES string of the molecule is CCCN(CC(=O)N1CCc2sccc2[C@H]1c1ccc(C(C)(C)C)cc1)C(=O)/C=C/c1ccc([N+](=O)[O-])cc1. The van der Waals surface area contributed by atoms with E-state index in [9.17, 15) is 19.7 Å². The Hall–Kier alpha value is -3.78. The summed E-state index contributed by atoms with van der Waals surface area (Å²) in [5.41, 5.74) is 4.18. The summed E-state index contributed by atoms with van der Waals surface area (Å²) in [4.78, 5) is 42.1. The molecule has 1 atom stereocenters. The maximum Gasteiger partial charge on any atom is 0.269 e. The van der Waals surface area contributed by atoms with Gasteiger partial charge in [0.15, 0.2) is 0 Å². The first-order valence-corrected chi connectivity index (χ1v) is 14.1. The van der Waals surface area contributed by atoms with Crippen LogP contribution < -0.4 is 0 Å². The molecule has 1 aliphatic rings. The van der Waals surface area contributed by atoms with Gasteiger partial charge in [-0.05, 0) is 70.2 Å². The van der Waals surface area contributed by atoms with Gasteiger partial charge in [-0.3, -0.25) is 19.7 Å². The van der Waals surface area contributed by atoms with Crippen molar-refractivity contribution in [2.45, 2.75) is 52.0 Å². The van der Waals surface area contributed by atoms with Gasteiger partial charge in [-0.1, -0.05) is 52.0 Å². The van der Waals surface area contributed by atoms with Crippen molar-refractivity contribution >= 4 is 34.9 Å². The fourth-order valence-corrected chi connectivity index (χ4v) is 5.79. The number of amides is 2. The number of carbonyl (C=O) groups excluding carboxylic acids is 2. The zero-order valence-electron chi connectivity index (χ0n) is 22.9. The van der Waals surface area contributed by atoms with E-state index < -0.39 is 4.92 Å². The summed E-state index contributed by atoms with van der Waals surface area (Å²) in [6.07, 6.45) is 4.57. The van der Waals surface area contributed by atoms with Crippen molar-refractivity contribution in [1.82, 2.24) is 9.80 Å². The predicted molar refractivity (Wildman–Crippen MR) is 156 cm³/mol. The third kappa shape index (κ3) is 6.63. The first-order valence-electron chi connectivity index (χ1n) is 13.3. The van der Waals surface area contributed by atoms with Crippen LogP contribution in [0.2, 0.25) is 0 Å². The highest BCUT2D eigenvalue weighted by molar-refractivity contribution is 7.10. The van der Waals surface area contributed by atoms with E-state index in [1.807, 2.05) is 11.8 Å². The molecule has 0 spiro atoms. The van der Waals surface area contributed by atoms with E-state index in [0.29, 0.717) is 18.7 Å². The fourth-order valence-electron chi connectivity index (χ4n) is 4.88. The van der Waals surface area contributed by atoms with E-state index in [4.69, 9.17) is 0 Å². The van der Waals surface area contributed by atoms with Crippen molar-refractivity contribution in [3.05, 3.63) is 103 Å². The van der Waals surface area contributed by atoms with Crippen LogP contribution in [-0.4, -0.2) is 46.2 Å². The molecule has 1 aliphatic heterocycles. The molecule has 0 N–H and O–H groups in total. The highest BCUT2D eigenvalue weighted by atomic mass is 32.1. The molecule has 7 nitrogen and oxygen atoms in total. The van der Waals surface area contributed by atoms with E-state index in [-0.39, 0.29) is 35.5 Å². The number of fused-ring (bicyclic) bond motifs is 1. The highest BCUT2D eigenvalue weighted by Crippen LogP contribution is 2.38. The van der Waals surface area contributed by atoms with Crippen molar-refractivity contribution in [2.24, 2.45) is 0 Å². The van der Waals surface area contributed by atoms with Crippen LogP contribution in [0.1, 0.15) is 67.3 Å². The third-order valence-corrected chi connectivity index (χ3v) is 8.03. The smallest absolute Gasteiger partial charge is 0.269 e. The molecule has 0 fully saturated rings. The van der Waals surface area contributed by atoms with Gasteiger partial charge in [0.1, 0.15) is 6.54 Å². The lowest BCUT2D eigenvalue weighted by molar-refractivity contribution is -0.384. The van der Waals surface area contributed by atoms with Gasteiger partial charge in [0.25, 0.3) is 5.69 Å². The molecule has 2 heterocycles. The number of non-ortho nitro benzene ring substituents is 1. The standard InChI is InChI=1S/C31H35N3O4S/c1-5-18-32(28(35)15-8-22-6-13-25(14-7-22)34(37)38)21-29(36)33-19-16-27-26(17-20-39-27)30(33)23-9-11-24(12-10-23)31(2,3)4/h6-15,17,20,30H,5,16,18-19,21H2,1-4H3/b15-8+/t30-/m1/s1. The van der Waals surface area contributed by atoms with Crippen LogP contribution in [0.5, 0.6) is 0 Å². The van der Waals surface area contributed by atoms with Gasteiger partial charge in [-0.2, -0.15) is 0 Å². The Morgan fingerprint density at radius 1 is 1.10 bits per heavy atom. The molecule has 3 aromatic rings. The van der Waals surface area contributed by atoms with Gasteiger partial charge in [0.2, 0.25) is 11.8 Å². The topological polar surface area (TPSA) is 83.8 Å². The fraction of sp³-hybridized carbons (Fsp3) is 0.355. The van der Waals surface area contributed by atoms with Gasteiger partial charge < -0.3 is 9.80 Å². The first-order chi connectivity index (χ1) is 18.6. The number of thiophene rings is 1. The summed E-state index contributed by atoms with van der Waals surface area (Å²) in [5.74, 6) is -0.342. The van der Waals surface area contributed by atoms with E-state index >= 15 is 0 Å². The van der Waals surface area contributed by atoms with Gasteiger partial charge in [0.05, 0.1) is 11.0 Å². The number of carbonyl (C=O) groups is 2. The van der Waals surface area contributed by atoms with Crippen molar-refractivity contribution in [3.8, 4) is 0 Å². The summed E-state index contributed by atoms with van der Waals surface area (Å²) in [6, 6.07) is 16.5. The molecule has 0 aliphatic carbocycles. The van der Waals surface area contributed by atoms with Gasteiger partial charge >= 0.3 is 0 Å². The highest BCUT2D eigenvalue weighted by Gasteiger charge is 2.34. The summed E-state index contributed by atoms with van der Waals surface area (Å²) in [6.45, 7) is 9.58. The predicted octanol–water partition coefficient (Wildman–Crippen LogP) is 6.38. The second-order valence-corrected chi connectivity index (χ2v) is 11.9. The largest absolute Gasteiger partial charge is 0.330 e. The lowest BCUT2D eigenvalue weighted by atomic mass is 9.85. The second kappa shape index (κ2) is 11.9. The van der Waals surface area contributed by atoms with E-state index in [0.717, 1.165) is 24.0 Å². The number of nitrogens with zero attached hydrogens (tertiary/aromatic N) is 3. The summed E-state index contributed by atoms with van der Waals surface area (Å²) >= 11 is 1.73. The molecular formula is C31H35N3O4S. The Morgan fingerprint density at radius 2 is 1.79 bits per heavy atom. The van der Waals surface area contributed by atoms with Crippen LogP contribution >= 0.6 is 11.3 Å². The Morgan fingerprint density at radius 3 is 2.41 bits per heavy atom. The van der Waals surface area contributed by atoms with E-state index in [1.54, 1.807) is 34.4 Å². The summed E-state index contributed by atoms with van der Waals surface area (Å²) < 4.78 is 0. The van der Waals surface area contributed by atoms with Gasteiger partial charge in [-0.15, -0.1) is 11.3 Å². The number of hydrogen-bond donors (Lipinski definition) is 0. The monoisotopic (exact) mass is 545 g/mol. The second-order valence-electron chi connectivity index (χ2n) is 10.9. The first kappa shape index (κ1) is 28.2. The minimum atomic E-state index is -0.459. The molecule has 0 saturated heterocycles. The van der Waals surface area contributed by atoms with E-state index in [2.05, 4.69) is 56.5 Å². The lowest BCUT2D eigenvalue weighted by Gasteiger charge is -2.37. The molecule has 1 aromatic heterocycles. The van der Waals surface area contributed by atoms with Crippen molar-refractivity contribution in [1.29, 1.82) is 0 Å². The molecule has 8 heteroatoms. The molecule has 0 bridgehead atoms. The average Bonchev–Trinajstić information content (AvgIpc) is 3.39. The molecule has 39 heavy (non-hydrogen) atoms. The van der Waals surface area contributed by atoms with Crippen LogP contribution in [0.25, 0.3) is 6.08 Å². The molecule has 2 amide bonds. The number of rotatable bonds is 8. The van der Waals surface area contributed by atoms with Crippen LogP contribution in [-0.2, 0) is 21.4 Å². The van der Waals surface area contributed by atoms with Crippen LogP contribution in [0, 0.1) is 10.1 Å². The normalized spacial score (nSPS) is 15.3. The Bertz CT molecular complexity index is 1350. The van der Waals surface area contributed by atoms with Crippen LogP contribution in [0.4, 0.5) is 5.69 Å². The molecule has 0 unspecified atom stereocenters. The average molecular weight is 546 g/mol. The maximum absolute atomic E-state index is 13.8. The van der Waals surface area contributed by atoms with Gasteiger partial charge in [0, 0.05) is 36.2 Å². The molecular weight excluding hydrogens is 510 g/mol. The number of hydrogen-bond acceptors (Lipinski definition) is 5.